The fourth-order valence-corrected chi connectivity index (χ4v) is 3.42. The number of non-ortho nitro benzene ring substituents is 1. The highest BCUT2D eigenvalue weighted by Crippen LogP contribution is 2.40. The number of aromatic nitrogens is 1. The summed E-state index contributed by atoms with van der Waals surface area (Å²) in [7, 11) is 1.71. The summed E-state index contributed by atoms with van der Waals surface area (Å²) in [6.45, 7) is 3.77. The van der Waals surface area contributed by atoms with E-state index < -0.39 is 10.5 Å². The summed E-state index contributed by atoms with van der Waals surface area (Å²) >= 11 is 0. The molecule has 0 bridgehead atoms. The molecule has 3 aromatic rings. The summed E-state index contributed by atoms with van der Waals surface area (Å²) in [5.41, 5.74) is 0.537. The van der Waals surface area contributed by atoms with Gasteiger partial charge in [0.25, 0.3) is 5.69 Å². The molecule has 4 rings (SSSR count). The smallest absolute Gasteiger partial charge is 0.271 e. The normalized spacial score (nSPS) is 15.0. The minimum absolute atomic E-state index is 0.103. The van der Waals surface area contributed by atoms with E-state index in [9.17, 15) is 20.0 Å². The standard InChI is InChI=1S/C19H16N2O5/c1-19(2)7-6-12-15(26-19)9-14(22)16-17(12)20(3)13-8-10(21(24)25)4-5-11(13)18(16)23/h4-9,22H,1-3H3. The van der Waals surface area contributed by atoms with Crippen LogP contribution in [0.15, 0.2) is 35.1 Å². The van der Waals surface area contributed by atoms with Crippen LogP contribution >= 0.6 is 0 Å². The van der Waals surface area contributed by atoms with Crippen LogP contribution in [-0.4, -0.2) is 20.2 Å². The van der Waals surface area contributed by atoms with Gasteiger partial charge in [0.15, 0.2) is 0 Å². The van der Waals surface area contributed by atoms with Crippen molar-refractivity contribution in [1.82, 2.24) is 4.57 Å². The number of ether oxygens (including phenoxy) is 1. The third-order valence-corrected chi connectivity index (χ3v) is 4.67. The number of rotatable bonds is 1. The topological polar surface area (TPSA) is 94.6 Å². The molecule has 0 saturated heterocycles. The Morgan fingerprint density at radius 3 is 2.69 bits per heavy atom. The van der Waals surface area contributed by atoms with Crippen molar-refractivity contribution < 1.29 is 14.8 Å². The molecule has 0 atom stereocenters. The Hall–Kier alpha value is -3.35. The Morgan fingerprint density at radius 2 is 2.00 bits per heavy atom. The lowest BCUT2D eigenvalue weighted by Gasteiger charge is -2.29. The van der Waals surface area contributed by atoms with Gasteiger partial charge in [0.1, 0.15) is 17.1 Å². The van der Waals surface area contributed by atoms with Gasteiger partial charge in [-0.05, 0) is 32.1 Å². The number of aryl methyl sites for hydroxylation is 1. The Morgan fingerprint density at radius 1 is 1.27 bits per heavy atom. The van der Waals surface area contributed by atoms with Crippen LogP contribution in [0.1, 0.15) is 19.4 Å². The molecule has 2 heterocycles. The number of phenols is 1. The minimum Gasteiger partial charge on any atom is -0.507 e. The number of nitrogens with zero attached hydrogens (tertiary/aromatic N) is 2. The van der Waals surface area contributed by atoms with Crippen LogP contribution in [0, 0.1) is 10.1 Å². The summed E-state index contributed by atoms with van der Waals surface area (Å²) in [5, 5.41) is 22.1. The van der Waals surface area contributed by atoms with Crippen LogP contribution in [0.4, 0.5) is 5.69 Å². The molecular formula is C19H16N2O5. The van der Waals surface area contributed by atoms with Crippen molar-refractivity contribution in [3.63, 3.8) is 0 Å². The number of hydrogen-bond donors (Lipinski definition) is 1. The van der Waals surface area contributed by atoms with Gasteiger partial charge in [0.2, 0.25) is 5.43 Å². The maximum atomic E-state index is 12.9. The summed E-state index contributed by atoms with van der Waals surface area (Å²) in [6, 6.07) is 5.52. The SMILES string of the molecule is Cn1c2cc([N+](=O)[O-])ccc2c(=O)c2c(O)cc3c(c21)C=CC(C)(C)O3. The van der Waals surface area contributed by atoms with E-state index in [4.69, 9.17) is 4.74 Å². The maximum absolute atomic E-state index is 12.9. The molecule has 0 radical (unpaired) electrons. The van der Waals surface area contributed by atoms with Crippen molar-refractivity contribution in [2.75, 3.05) is 0 Å². The van der Waals surface area contributed by atoms with Crippen LogP contribution < -0.4 is 10.2 Å². The quantitative estimate of drug-likeness (QED) is 0.411. The van der Waals surface area contributed by atoms with Gasteiger partial charge in [-0.15, -0.1) is 0 Å². The van der Waals surface area contributed by atoms with E-state index in [1.165, 1.54) is 24.3 Å². The highest BCUT2D eigenvalue weighted by atomic mass is 16.6. The van der Waals surface area contributed by atoms with E-state index in [1.807, 2.05) is 26.0 Å². The van der Waals surface area contributed by atoms with Gasteiger partial charge in [-0.25, -0.2) is 0 Å². The number of benzene rings is 2. The molecular weight excluding hydrogens is 336 g/mol. The Kier molecular flexibility index (Phi) is 3.15. The summed E-state index contributed by atoms with van der Waals surface area (Å²) in [4.78, 5) is 23.6. The molecule has 7 heteroatoms. The van der Waals surface area contributed by atoms with Gasteiger partial charge in [0.05, 0.1) is 21.3 Å². The first kappa shape index (κ1) is 16.1. The zero-order chi connectivity index (χ0) is 18.8. The molecule has 0 amide bonds. The van der Waals surface area contributed by atoms with Crippen LogP contribution in [-0.2, 0) is 7.05 Å². The minimum atomic E-state index is -0.540. The highest BCUT2D eigenvalue weighted by Gasteiger charge is 2.26. The van der Waals surface area contributed by atoms with Crippen molar-refractivity contribution >= 4 is 33.6 Å². The van der Waals surface area contributed by atoms with Crippen LogP contribution in [0.2, 0.25) is 0 Å². The summed E-state index contributed by atoms with van der Waals surface area (Å²) < 4.78 is 7.59. The lowest BCUT2D eigenvalue weighted by Crippen LogP contribution is -2.28. The van der Waals surface area contributed by atoms with Crippen LogP contribution in [0.25, 0.3) is 27.9 Å². The number of pyridine rings is 1. The molecule has 0 saturated carbocycles. The number of fused-ring (bicyclic) bond motifs is 4. The number of nitro benzene ring substituents is 1. The number of nitro groups is 1. The average Bonchev–Trinajstić information content (AvgIpc) is 2.57. The fourth-order valence-electron chi connectivity index (χ4n) is 3.42. The van der Waals surface area contributed by atoms with Gasteiger partial charge in [-0.1, -0.05) is 0 Å². The van der Waals surface area contributed by atoms with Crippen molar-refractivity contribution in [3.05, 3.63) is 56.2 Å². The molecule has 0 spiro atoms. The van der Waals surface area contributed by atoms with E-state index in [0.29, 0.717) is 27.7 Å². The second kappa shape index (κ2) is 5.08. The van der Waals surface area contributed by atoms with Gasteiger partial charge in [-0.3, -0.25) is 14.9 Å². The predicted molar refractivity (Wildman–Crippen MR) is 98.8 cm³/mol. The largest absolute Gasteiger partial charge is 0.507 e. The first-order chi connectivity index (χ1) is 12.2. The van der Waals surface area contributed by atoms with Crippen molar-refractivity contribution in [2.24, 2.45) is 7.05 Å². The molecule has 26 heavy (non-hydrogen) atoms. The van der Waals surface area contributed by atoms with E-state index in [1.54, 1.807) is 11.6 Å². The molecule has 0 unspecified atom stereocenters. The monoisotopic (exact) mass is 352 g/mol. The van der Waals surface area contributed by atoms with Gasteiger partial charge >= 0.3 is 0 Å². The van der Waals surface area contributed by atoms with Gasteiger partial charge in [-0.2, -0.15) is 0 Å². The van der Waals surface area contributed by atoms with Crippen molar-refractivity contribution in [1.29, 1.82) is 0 Å². The fraction of sp³-hybridized carbons (Fsp3) is 0.211. The number of hydrogen-bond acceptors (Lipinski definition) is 5. The number of aromatic hydroxyl groups is 1. The van der Waals surface area contributed by atoms with Crippen molar-refractivity contribution in [2.45, 2.75) is 19.4 Å². The van der Waals surface area contributed by atoms with Gasteiger partial charge < -0.3 is 14.4 Å². The number of phenolic OH excluding ortho intramolecular Hbond substituents is 1. The molecule has 1 aliphatic heterocycles. The second-order valence-electron chi connectivity index (χ2n) is 6.92. The average molecular weight is 352 g/mol. The third kappa shape index (κ3) is 2.17. The Bertz CT molecular complexity index is 1200. The zero-order valence-electron chi connectivity index (χ0n) is 14.4. The van der Waals surface area contributed by atoms with E-state index >= 15 is 0 Å². The van der Waals surface area contributed by atoms with Gasteiger partial charge in [0, 0.05) is 36.2 Å². The zero-order valence-corrected chi connectivity index (χ0v) is 14.4. The Labute approximate surface area is 147 Å². The molecule has 1 aromatic heterocycles. The molecule has 0 fully saturated rings. The van der Waals surface area contributed by atoms with E-state index in [0.717, 1.165) is 0 Å². The van der Waals surface area contributed by atoms with Crippen molar-refractivity contribution in [3.8, 4) is 11.5 Å². The Balaban J connectivity index is 2.21. The second-order valence-corrected chi connectivity index (χ2v) is 6.92. The predicted octanol–water partition coefficient (Wildman–Crippen LogP) is 3.49. The summed E-state index contributed by atoms with van der Waals surface area (Å²) in [5.74, 6) is 0.285. The molecule has 7 nitrogen and oxygen atoms in total. The lowest BCUT2D eigenvalue weighted by molar-refractivity contribution is -0.384. The summed E-state index contributed by atoms with van der Waals surface area (Å²) in [6.07, 6.45) is 3.72. The first-order valence-corrected chi connectivity index (χ1v) is 8.05. The van der Waals surface area contributed by atoms with E-state index in [-0.39, 0.29) is 22.3 Å². The van der Waals surface area contributed by atoms with Crippen LogP contribution in [0.5, 0.6) is 11.5 Å². The highest BCUT2D eigenvalue weighted by molar-refractivity contribution is 6.02. The third-order valence-electron chi connectivity index (χ3n) is 4.67. The molecule has 0 aliphatic carbocycles. The molecule has 2 aromatic carbocycles. The molecule has 1 aliphatic rings. The van der Waals surface area contributed by atoms with E-state index in [2.05, 4.69) is 0 Å². The molecule has 1 N–H and O–H groups in total. The molecule has 132 valence electrons. The maximum Gasteiger partial charge on any atom is 0.271 e. The first-order valence-electron chi connectivity index (χ1n) is 8.05. The lowest BCUT2D eigenvalue weighted by atomic mass is 9.98. The van der Waals surface area contributed by atoms with Crippen LogP contribution in [0.3, 0.4) is 0 Å².